The van der Waals surface area contributed by atoms with Crippen molar-refractivity contribution in [2.75, 3.05) is 52.5 Å². The molecule has 0 aromatic heterocycles. The Kier molecular flexibility index (Phi) is 5.99. The van der Waals surface area contributed by atoms with Crippen LogP contribution < -0.4 is 9.47 Å². The van der Waals surface area contributed by atoms with E-state index in [1.165, 1.54) is 25.0 Å². The van der Waals surface area contributed by atoms with Gasteiger partial charge in [-0.3, -0.25) is 0 Å². The zero-order valence-corrected chi connectivity index (χ0v) is 18.7. The van der Waals surface area contributed by atoms with Crippen LogP contribution in [0.4, 0.5) is 0 Å². The molecule has 3 aliphatic heterocycles. The highest BCUT2D eigenvalue weighted by Crippen LogP contribution is 2.33. The number of morpholine rings is 1. The molecule has 3 heterocycles. The van der Waals surface area contributed by atoms with E-state index in [2.05, 4.69) is 0 Å². The first-order valence-electron chi connectivity index (χ1n) is 9.98. The van der Waals surface area contributed by atoms with Gasteiger partial charge >= 0.3 is 0 Å². The average Bonchev–Trinajstić information content (AvgIpc) is 2.72. The summed E-state index contributed by atoms with van der Waals surface area (Å²) in [6, 6.07) is 4.54. The summed E-state index contributed by atoms with van der Waals surface area (Å²) in [5, 5.41) is 0. The van der Waals surface area contributed by atoms with Crippen molar-refractivity contribution >= 4 is 20.2 Å². The molecule has 2 saturated heterocycles. The number of ether oxygens (including phenoxy) is 3. The molecular weight excluding hydrogens is 434 g/mol. The monoisotopic (exact) mass is 461 g/mol. The SMILES string of the molecule is CC1CN(S(=O)(=O)N2CCN(S(=O)(=O)c3ccc4c(c3)OCCO4)CC2)CC(C)O1. The number of hydrogen-bond acceptors (Lipinski definition) is 7. The number of benzene rings is 1. The lowest BCUT2D eigenvalue weighted by atomic mass is 10.3. The van der Waals surface area contributed by atoms with Crippen LogP contribution in [0.5, 0.6) is 11.5 Å². The van der Waals surface area contributed by atoms with Crippen LogP contribution in [0.1, 0.15) is 13.8 Å². The number of rotatable bonds is 4. The number of piperazine rings is 1. The molecule has 2 atom stereocenters. The molecule has 1 aromatic carbocycles. The summed E-state index contributed by atoms with van der Waals surface area (Å²) in [5.74, 6) is 0.921. The highest BCUT2D eigenvalue weighted by atomic mass is 32.2. The third-order valence-corrected chi connectivity index (χ3v) is 9.25. The minimum absolute atomic E-state index is 0.0887. The largest absolute Gasteiger partial charge is 0.486 e. The lowest BCUT2D eigenvalue weighted by Crippen LogP contribution is -2.57. The van der Waals surface area contributed by atoms with E-state index < -0.39 is 20.2 Å². The number of nitrogens with zero attached hydrogens (tertiary/aromatic N) is 3. The topological polar surface area (TPSA) is 106 Å². The number of fused-ring (bicyclic) bond motifs is 1. The fourth-order valence-electron chi connectivity index (χ4n) is 3.96. The third-order valence-electron chi connectivity index (χ3n) is 5.39. The van der Waals surface area contributed by atoms with Gasteiger partial charge in [0.05, 0.1) is 17.1 Å². The second-order valence-corrected chi connectivity index (χ2v) is 11.6. The molecular formula is C18H27N3O7S2. The van der Waals surface area contributed by atoms with Crippen LogP contribution in [-0.4, -0.2) is 94.4 Å². The summed E-state index contributed by atoms with van der Waals surface area (Å²) in [6.07, 6.45) is -0.360. The van der Waals surface area contributed by atoms with Gasteiger partial charge in [-0.25, -0.2) is 8.42 Å². The quantitative estimate of drug-likeness (QED) is 0.627. The smallest absolute Gasteiger partial charge is 0.282 e. The van der Waals surface area contributed by atoms with Gasteiger partial charge in [0.2, 0.25) is 10.0 Å². The van der Waals surface area contributed by atoms with Gasteiger partial charge in [-0.15, -0.1) is 0 Å². The first-order chi connectivity index (χ1) is 14.2. The van der Waals surface area contributed by atoms with Gasteiger partial charge in [-0.1, -0.05) is 0 Å². The average molecular weight is 462 g/mol. The van der Waals surface area contributed by atoms with Crippen molar-refractivity contribution in [3.63, 3.8) is 0 Å². The number of sulfonamides is 1. The summed E-state index contributed by atoms with van der Waals surface area (Å²) in [6.45, 7) is 5.45. The highest BCUT2D eigenvalue weighted by Gasteiger charge is 2.39. The van der Waals surface area contributed by atoms with E-state index in [0.717, 1.165) is 0 Å². The molecule has 0 spiro atoms. The Balaban J connectivity index is 1.45. The summed E-state index contributed by atoms with van der Waals surface area (Å²) < 4.78 is 72.8. The minimum Gasteiger partial charge on any atom is -0.486 e. The minimum atomic E-state index is -3.76. The van der Waals surface area contributed by atoms with Crippen molar-refractivity contribution in [1.82, 2.24) is 12.9 Å². The fraction of sp³-hybridized carbons (Fsp3) is 0.667. The normalized spacial score (nSPS) is 27.1. The molecule has 0 radical (unpaired) electrons. The molecule has 12 heteroatoms. The van der Waals surface area contributed by atoms with E-state index in [-0.39, 0.29) is 43.3 Å². The summed E-state index contributed by atoms with van der Waals surface area (Å²) in [7, 11) is -7.43. The predicted molar refractivity (Wildman–Crippen MR) is 108 cm³/mol. The third kappa shape index (κ3) is 4.16. The standard InChI is InChI=1S/C18H27N3O7S2/c1-14-12-21(13-15(2)28-14)30(24,25)20-7-5-19(6-8-20)29(22,23)16-3-4-17-18(11-16)27-10-9-26-17/h3-4,11,14-15H,5-10,12-13H2,1-2H3. The summed E-state index contributed by atoms with van der Waals surface area (Å²) in [4.78, 5) is 0.110. The Labute approximate surface area is 177 Å². The van der Waals surface area contributed by atoms with Gasteiger partial charge in [0.15, 0.2) is 11.5 Å². The van der Waals surface area contributed by atoms with E-state index in [1.54, 1.807) is 6.07 Å². The van der Waals surface area contributed by atoms with Gasteiger partial charge in [0, 0.05) is 45.3 Å². The van der Waals surface area contributed by atoms with Crippen molar-refractivity contribution in [2.24, 2.45) is 0 Å². The highest BCUT2D eigenvalue weighted by molar-refractivity contribution is 7.89. The van der Waals surface area contributed by atoms with Crippen molar-refractivity contribution in [2.45, 2.75) is 31.0 Å². The first-order valence-corrected chi connectivity index (χ1v) is 12.8. The molecule has 4 rings (SSSR count). The first kappa shape index (κ1) is 21.8. The van der Waals surface area contributed by atoms with Crippen LogP contribution in [0.3, 0.4) is 0 Å². The molecule has 0 N–H and O–H groups in total. The molecule has 0 aliphatic carbocycles. The zero-order valence-electron chi connectivity index (χ0n) is 17.1. The Hall–Kier alpha value is -1.44. The lowest BCUT2D eigenvalue weighted by Gasteiger charge is -2.40. The fourth-order valence-corrected chi connectivity index (χ4v) is 7.14. The molecule has 0 amide bonds. The molecule has 2 unspecified atom stereocenters. The molecule has 10 nitrogen and oxygen atoms in total. The van der Waals surface area contributed by atoms with Crippen molar-refractivity contribution in [1.29, 1.82) is 0 Å². The van der Waals surface area contributed by atoms with Crippen LogP contribution >= 0.6 is 0 Å². The molecule has 0 bridgehead atoms. The molecule has 30 heavy (non-hydrogen) atoms. The Morgan fingerprint density at radius 3 is 2.00 bits per heavy atom. The predicted octanol–water partition coefficient (Wildman–Crippen LogP) is 0.118. The second kappa shape index (κ2) is 8.24. The summed E-state index contributed by atoms with van der Waals surface area (Å²) >= 11 is 0. The van der Waals surface area contributed by atoms with E-state index in [0.29, 0.717) is 37.8 Å². The van der Waals surface area contributed by atoms with Gasteiger partial charge in [-0.2, -0.15) is 21.3 Å². The van der Waals surface area contributed by atoms with Gasteiger partial charge in [-0.05, 0) is 26.0 Å². The van der Waals surface area contributed by atoms with Crippen LogP contribution in [0.25, 0.3) is 0 Å². The maximum absolute atomic E-state index is 13.1. The van der Waals surface area contributed by atoms with Crippen LogP contribution in [0.2, 0.25) is 0 Å². The summed E-state index contributed by atoms with van der Waals surface area (Å²) in [5.41, 5.74) is 0. The Bertz CT molecular complexity index is 981. The van der Waals surface area contributed by atoms with E-state index in [1.807, 2.05) is 13.8 Å². The van der Waals surface area contributed by atoms with Gasteiger partial charge < -0.3 is 14.2 Å². The maximum Gasteiger partial charge on any atom is 0.282 e. The van der Waals surface area contributed by atoms with E-state index in [4.69, 9.17) is 14.2 Å². The molecule has 168 valence electrons. The molecule has 3 aliphatic rings. The van der Waals surface area contributed by atoms with Crippen molar-refractivity contribution in [3.05, 3.63) is 18.2 Å². The Morgan fingerprint density at radius 1 is 0.800 bits per heavy atom. The zero-order chi connectivity index (χ0) is 21.5. The molecule has 1 aromatic rings. The maximum atomic E-state index is 13.1. The van der Waals surface area contributed by atoms with E-state index >= 15 is 0 Å². The second-order valence-electron chi connectivity index (χ2n) is 7.69. The molecule has 0 saturated carbocycles. The lowest BCUT2D eigenvalue weighted by molar-refractivity contribution is -0.0456. The van der Waals surface area contributed by atoms with Crippen LogP contribution in [0.15, 0.2) is 23.1 Å². The van der Waals surface area contributed by atoms with Gasteiger partial charge in [0.25, 0.3) is 10.2 Å². The van der Waals surface area contributed by atoms with Crippen LogP contribution in [-0.2, 0) is 25.0 Å². The Morgan fingerprint density at radius 2 is 1.37 bits per heavy atom. The number of hydrogen-bond donors (Lipinski definition) is 0. The van der Waals surface area contributed by atoms with Crippen LogP contribution in [0, 0.1) is 0 Å². The van der Waals surface area contributed by atoms with E-state index in [9.17, 15) is 16.8 Å². The van der Waals surface area contributed by atoms with Gasteiger partial charge in [0.1, 0.15) is 13.2 Å². The molecule has 2 fully saturated rings. The van der Waals surface area contributed by atoms with Crippen molar-refractivity contribution in [3.8, 4) is 11.5 Å². The van der Waals surface area contributed by atoms with Crippen molar-refractivity contribution < 1.29 is 31.0 Å².